The van der Waals surface area contributed by atoms with Gasteiger partial charge in [0, 0.05) is 43.7 Å². The van der Waals surface area contributed by atoms with Gasteiger partial charge in [0.2, 0.25) is 0 Å². The summed E-state index contributed by atoms with van der Waals surface area (Å²) in [6, 6.07) is 13.5. The molecule has 2 saturated heterocycles. The van der Waals surface area contributed by atoms with Crippen molar-refractivity contribution in [1.82, 2.24) is 14.9 Å². The molecule has 0 bridgehead atoms. The monoisotopic (exact) mass is 390 g/mol. The molecule has 1 aromatic carbocycles. The van der Waals surface area contributed by atoms with E-state index in [-0.39, 0.29) is 5.91 Å². The summed E-state index contributed by atoms with van der Waals surface area (Å²) >= 11 is 0. The number of nitrogens with zero attached hydrogens (tertiary/aromatic N) is 3. The van der Waals surface area contributed by atoms with Gasteiger partial charge >= 0.3 is 0 Å². The maximum Gasteiger partial charge on any atom is 0.255 e. The molecule has 0 saturated carbocycles. The molecule has 5 rings (SSSR count). The van der Waals surface area contributed by atoms with Gasteiger partial charge < -0.3 is 19.7 Å². The van der Waals surface area contributed by atoms with E-state index < -0.39 is 5.79 Å². The van der Waals surface area contributed by atoms with Gasteiger partial charge in [-0.05, 0) is 24.3 Å². The number of nitrogens with one attached hydrogen (secondary N) is 1. The second kappa shape index (κ2) is 7.42. The lowest BCUT2D eigenvalue weighted by Gasteiger charge is -2.37. The molecule has 2 aromatic heterocycles. The van der Waals surface area contributed by atoms with Crippen LogP contribution in [0.1, 0.15) is 23.2 Å². The molecule has 148 valence electrons. The number of rotatable bonds is 3. The molecule has 7 heteroatoms. The van der Waals surface area contributed by atoms with Gasteiger partial charge in [-0.3, -0.25) is 9.78 Å². The molecule has 4 heterocycles. The van der Waals surface area contributed by atoms with Crippen LogP contribution < -0.4 is 5.32 Å². The summed E-state index contributed by atoms with van der Waals surface area (Å²) in [5.74, 6) is 0.184. The SMILES string of the molecule is O=C(c1ccc(Nc2cccc3cccnc23)nc1)N1CCC2(CC1)OCCO2. The highest BCUT2D eigenvalue weighted by atomic mass is 16.7. The van der Waals surface area contributed by atoms with E-state index in [1.165, 1.54) is 0 Å². The molecule has 0 radical (unpaired) electrons. The number of carbonyl (C=O) groups is 1. The average molecular weight is 390 g/mol. The maximum atomic E-state index is 12.8. The van der Waals surface area contributed by atoms with Crippen LogP contribution in [0.2, 0.25) is 0 Å². The summed E-state index contributed by atoms with van der Waals surface area (Å²) in [6.45, 7) is 2.53. The van der Waals surface area contributed by atoms with E-state index in [0.717, 1.165) is 16.6 Å². The van der Waals surface area contributed by atoms with Crippen LogP contribution in [0.15, 0.2) is 54.9 Å². The fourth-order valence-electron chi connectivity index (χ4n) is 3.96. The molecule has 0 unspecified atom stereocenters. The van der Waals surface area contributed by atoms with Gasteiger partial charge in [-0.2, -0.15) is 0 Å². The minimum Gasteiger partial charge on any atom is -0.347 e. The third-order valence-corrected chi connectivity index (χ3v) is 5.53. The van der Waals surface area contributed by atoms with Crippen LogP contribution in [0.3, 0.4) is 0 Å². The molecule has 1 spiro atoms. The Bertz CT molecular complexity index is 1020. The Kier molecular flexibility index (Phi) is 4.61. The first kappa shape index (κ1) is 18.0. The molecule has 2 fully saturated rings. The lowest BCUT2D eigenvalue weighted by atomic mass is 10.0. The van der Waals surface area contributed by atoms with E-state index in [0.29, 0.717) is 50.5 Å². The zero-order valence-corrected chi connectivity index (χ0v) is 16.0. The number of amides is 1. The summed E-state index contributed by atoms with van der Waals surface area (Å²) in [6.07, 6.45) is 4.81. The second-order valence-corrected chi connectivity index (χ2v) is 7.34. The first-order valence-electron chi connectivity index (χ1n) is 9.87. The van der Waals surface area contributed by atoms with Crippen molar-refractivity contribution in [2.75, 3.05) is 31.6 Å². The number of pyridine rings is 2. The molecule has 1 amide bonds. The van der Waals surface area contributed by atoms with Gasteiger partial charge in [0.15, 0.2) is 5.79 Å². The molecular formula is C22H22N4O3. The van der Waals surface area contributed by atoms with Crippen LogP contribution in [0, 0.1) is 0 Å². The number of benzene rings is 1. The van der Waals surface area contributed by atoms with Gasteiger partial charge in [0.05, 0.1) is 30.0 Å². The summed E-state index contributed by atoms with van der Waals surface area (Å²) in [5.41, 5.74) is 2.35. The van der Waals surface area contributed by atoms with Crippen LogP contribution >= 0.6 is 0 Å². The largest absolute Gasteiger partial charge is 0.347 e. The highest BCUT2D eigenvalue weighted by Crippen LogP contribution is 2.31. The fraction of sp³-hybridized carbons (Fsp3) is 0.318. The normalized spacial score (nSPS) is 18.3. The summed E-state index contributed by atoms with van der Waals surface area (Å²) in [4.78, 5) is 23.5. The fourth-order valence-corrected chi connectivity index (χ4v) is 3.96. The summed E-state index contributed by atoms with van der Waals surface area (Å²) in [5, 5.41) is 4.35. The number of hydrogen-bond acceptors (Lipinski definition) is 6. The first-order chi connectivity index (χ1) is 14.2. The van der Waals surface area contributed by atoms with Crippen molar-refractivity contribution in [3.05, 3.63) is 60.4 Å². The number of para-hydroxylation sites is 1. The minimum atomic E-state index is -0.477. The number of fused-ring (bicyclic) bond motifs is 1. The van der Waals surface area contributed by atoms with Crippen molar-refractivity contribution in [3.8, 4) is 0 Å². The van der Waals surface area contributed by atoms with E-state index in [1.807, 2.05) is 47.4 Å². The van der Waals surface area contributed by atoms with E-state index >= 15 is 0 Å². The molecular weight excluding hydrogens is 368 g/mol. The number of hydrogen-bond donors (Lipinski definition) is 1. The summed E-state index contributed by atoms with van der Waals surface area (Å²) < 4.78 is 11.5. The zero-order valence-electron chi connectivity index (χ0n) is 16.0. The Morgan fingerprint density at radius 2 is 1.79 bits per heavy atom. The van der Waals surface area contributed by atoms with Gasteiger partial charge in [0.1, 0.15) is 5.82 Å². The molecule has 3 aromatic rings. The number of carbonyl (C=O) groups excluding carboxylic acids is 1. The van der Waals surface area contributed by atoms with Crippen molar-refractivity contribution in [2.24, 2.45) is 0 Å². The number of piperidine rings is 1. The second-order valence-electron chi connectivity index (χ2n) is 7.34. The Morgan fingerprint density at radius 3 is 2.55 bits per heavy atom. The van der Waals surface area contributed by atoms with Gasteiger partial charge in [-0.25, -0.2) is 4.98 Å². The smallest absolute Gasteiger partial charge is 0.255 e. The van der Waals surface area contributed by atoms with Crippen LogP contribution in [0.5, 0.6) is 0 Å². The Morgan fingerprint density at radius 1 is 1.00 bits per heavy atom. The highest BCUT2D eigenvalue weighted by molar-refractivity contribution is 5.94. The topological polar surface area (TPSA) is 76.6 Å². The number of ether oxygens (including phenoxy) is 2. The Labute approximate surface area is 168 Å². The Balaban J connectivity index is 1.27. The number of likely N-dealkylation sites (tertiary alicyclic amines) is 1. The van der Waals surface area contributed by atoms with Gasteiger partial charge in [0.25, 0.3) is 5.91 Å². The Hall–Kier alpha value is -3.03. The average Bonchev–Trinajstić information content (AvgIpc) is 3.22. The molecule has 2 aliphatic rings. The van der Waals surface area contributed by atoms with Crippen LogP contribution in [0.25, 0.3) is 10.9 Å². The van der Waals surface area contributed by atoms with E-state index in [2.05, 4.69) is 15.3 Å². The van der Waals surface area contributed by atoms with Crippen molar-refractivity contribution in [3.63, 3.8) is 0 Å². The first-order valence-corrected chi connectivity index (χ1v) is 9.87. The third-order valence-electron chi connectivity index (χ3n) is 5.53. The van der Waals surface area contributed by atoms with E-state index in [9.17, 15) is 4.79 Å². The number of aromatic nitrogens is 2. The van der Waals surface area contributed by atoms with Crippen LogP contribution in [-0.2, 0) is 9.47 Å². The van der Waals surface area contributed by atoms with Crippen LogP contribution in [-0.4, -0.2) is 52.9 Å². The molecule has 29 heavy (non-hydrogen) atoms. The molecule has 0 atom stereocenters. The van der Waals surface area contributed by atoms with Gasteiger partial charge in [-0.1, -0.05) is 18.2 Å². The van der Waals surface area contributed by atoms with Crippen molar-refractivity contribution >= 4 is 28.3 Å². The minimum absolute atomic E-state index is 0.0104. The van der Waals surface area contributed by atoms with Crippen LogP contribution in [0.4, 0.5) is 11.5 Å². The lowest BCUT2D eigenvalue weighted by Crippen LogP contribution is -2.47. The number of anilines is 2. The molecule has 1 N–H and O–H groups in total. The molecule has 7 nitrogen and oxygen atoms in total. The maximum absolute atomic E-state index is 12.8. The van der Waals surface area contributed by atoms with Crippen molar-refractivity contribution in [2.45, 2.75) is 18.6 Å². The van der Waals surface area contributed by atoms with Crippen molar-refractivity contribution in [1.29, 1.82) is 0 Å². The standard InChI is InChI=1S/C22H22N4O3/c27-21(26-11-8-22(9-12-26)28-13-14-29-22)17-6-7-19(24-15-17)25-18-5-1-3-16-4-2-10-23-20(16)18/h1-7,10,15H,8-9,11-14H2,(H,24,25). The predicted molar refractivity (Wildman–Crippen MR) is 109 cm³/mol. The quantitative estimate of drug-likeness (QED) is 0.739. The predicted octanol–water partition coefficient (Wildman–Crippen LogP) is 3.35. The van der Waals surface area contributed by atoms with Crippen molar-refractivity contribution < 1.29 is 14.3 Å². The zero-order chi connectivity index (χ0) is 19.7. The molecule has 0 aliphatic carbocycles. The lowest BCUT2D eigenvalue weighted by molar-refractivity contribution is -0.181. The third kappa shape index (κ3) is 3.54. The summed E-state index contributed by atoms with van der Waals surface area (Å²) in [7, 11) is 0. The van der Waals surface area contributed by atoms with E-state index in [1.54, 1.807) is 12.4 Å². The molecule has 2 aliphatic heterocycles. The van der Waals surface area contributed by atoms with E-state index in [4.69, 9.17) is 9.47 Å². The highest BCUT2D eigenvalue weighted by Gasteiger charge is 2.40. The van der Waals surface area contributed by atoms with Gasteiger partial charge in [-0.15, -0.1) is 0 Å².